The molecule has 210 valence electrons. The van der Waals surface area contributed by atoms with Gasteiger partial charge in [0.1, 0.15) is 11.5 Å². The van der Waals surface area contributed by atoms with E-state index in [0.29, 0.717) is 30.1 Å². The van der Waals surface area contributed by atoms with Gasteiger partial charge in [-0.15, -0.1) is 0 Å². The fraction of sp³-hybridized carbons (Fsp3) is 0.206. The third-order valence-electron chi connectivity index (χ3n) is 6.35. The van der Waals surface area contributed by atoms with Crippen LogP contribution >= 0.6 is 11.8 Å². The Morgan fingerprint density at radius 3 is 2.10 bits per heavy atom. The summed E-state index contributed by atoms with van der Waals surface area (Å²) >= 11 is 1.18. The molecular weight excluding hydrogens is 536 g/mol. The highest BCUT2D eigenvalue weighted by molar-refractivity contribution is 8.14. The van der Waals surface area contributed by atoms with Gasteiger partial charge in [-0.1, -0.05) is 37.4 Å². The van der Waals surface area contributed by atoms with E-state index in [1.165, 1.54) is 17.8 Å². The van der Waals surface area contributed by atoms with Crippen LogP contribution in [0.5, 0.6) is 11.5 Å². The third-order valence-corrected chi connectivity index (χ3v) is 7.28. The van der Waals surface area contributed by atoms with E-state index in [0.717, 1.165) is 57.9 Å². The molecule has 41 heavy (non-hydrogen) atoms. The molecule has 0 spiro atoms. The number of esters is 2. The first kappa shape index (κ1) is 29.6. The summed E-state index contributed by atoms with van der Waals surface area (Å²) in [5, 5.41) is 3.87. The van der Waals surface area contributed by atoms with Crippen LogP contribution in [0.1, 0.15) is 43.0 Å². The molecule has 4 aromatic carbocycles. The molecule has 0 amide bonds. The molecule has 0 unspecified atom stereocenters. The predicted molar refractivity (Wildman–Crippen MR) is 164 cm³/mol. The van der Waals surface area contributed by atoms with E-state index in [9.17, 15) is 14.4 Å². The maximum atomic E-state index is 13.0. The molecule has 0 atom stereocenters. The second-order valence-electron chi connectivity index (χ2n) is 9.55. The minimum absolute atomic E-state index is 0.0403. The van der Waals surface area contributed by atoms with Crippen molar-refractivity contribution in [2.24, 2.45) is 0 Å². The first-order valence-corrected chi connectivity index (χ1v) is 14.2. The summed E-state index contributed by atoms with van der Waals surface area (Å²) in [6, 6.07) is 22.6. The van der Waals surface area contributed by atoms with Gasteiger partial charge >= 0.3 is 11.9 Å². The van der Waals surface area contributed by atoms with Gasteiger partial charge in [-0.25, -0.2) is 9.59 Å². The minimum Gasteiger partial charge on any atom is -0.494 e. The number of thioether (sulfide) groups is 1. The first-order chi connectivity index (χ1) is 19.8. The number of benzene rings is 4. The molecule has 0 aliphatic heterocycles. The van der Waals surface area contributed by atoms with E-state index in [4.69, 9.17) is 14.2 Å². The Morgan fingerprint density at radius 1 is 0.780 bits per heavy atom. The summed E-state index contributed by atoms with van der Waals surface area (Å²) in [5.41, 5.74) is 0.960. The number of carbonyl (C=O) groups is 3. The van der Waals surface area contributed by atoms with Crippen molar-refractivity contribution in [2.75, 3.05) is 13.2 Å². The van der Waals surface area contributed by atoms with Crippen molar-refractivity contribution in [3.63, 3.8) is 0 Å². The fourth-order valence-corrected chi connectivity index (χ4v) is 4.91. The zero-order valence-corrected chi connectivity index (χ0v) is 23.8. The highest BCUT2D eigenvalue weighted by Gasteiger charge is 2.12. The van der Waals surface area contributed by atoms with Crippen LogP contribution in [0.3, 0.4) is 0 Å². The molecular formula is C34H32O6S. The van der Waals surface area contributed by atoms with Crippen molar-refractivity contribution < 1.29 is 28.6 Å². The van der Waals surface area contributed by atoms with Gasteiger partial charge in [-0.3, -0.25) is 4.79 Å². The van der Waals surface area contributed by atoms with E-state index < -0.39 is 5.97 Å². The molecule has 0 saturated heterocycles. The molecule has 4 aromatic rings. The Kier molecular flexibility index (Phi) is 10.3. The molecule has 7 heteroatoms. The van der Waals surface area contributed by atoms with Gasteiger partial charge in [0.25, 0.3) is 0 Å². The van der Waals surface area contributed by atoms with Crippen molar-refractivity contribution >= 4 is 50.4 Å². The second kappa shape index (κ2) is 14.3. The smallest absolute Gasteiger partial charge is 0.338 e. The molecule has 0 N–H and O–H groups in total. The molecule has 0 aromatic heterocycles. The number of ether oxygens (including phenoxy) is 3. The van der Waals surface area contributed by atoms with E-state index in [1.807, 2.05) is 66.7 Å². The van der Waals surface area contributed by atoms with E-state index in [-0.39, 0.29) is 11.1 Å². The van der Waals surface area contributed by atoms with E-state index in [2.05, 4.69) is 13.2 Å². The largest absolute Gasteiger partial charge is 0.494 e. The summed E-state index contributed by atoms with van der Waals surface area (Å²) in [7, 11) is 0. The Hall–Kier alpha value is -4.36. The summed E-state index contributed by atoms with van der Waals surface area (Å²) in [4.78, 5) is 36.7. The molecule has 0 heterocycles. The maximum absolute atomic E-state index is 13.0. The quantitative estimate of drug-likeness (QED) is 0.0403. The second-order valence-corrected chi connectivity index (χ2v) is 10.6. The van der Waals surface area contributed by atoms with Gasteiger partial charge in [0.2, 0.25) is 5.12 Å². The highest BCUT2D eigenvalue weighted by atomic mass is 32.2. The van der Waals surface area contributed by atoms with Gasteiger partial charge in [0.15, 0.2) is 0 Å². The highest BCUT2D eigenvalue weighted by Crippen LogP contribution is 2.31. The lowest BCUT2D eigenvalue weighted by atomic mass is 10.0. The van der Waals surface area contributed by atoms with Crippen LogP contribution in [0.15, 0.2) is 102 Å². The van der Waals surface area contributed by atoms with Crippen LogP contribution in [0.4, 0.5) is 0 Å². The van der Waals surface area contributed by atoms with Crippen LogP contribution in [0.25, 0.3) is 21.5 Å². The summed E-state index contributed by atoms with van der Waals surface area (Å²) in [6.07, 6.45) is 4.85. The molecule has 0 aliphatic carbocycles. The van der Waals surface area contributed by atoms with Crippen molar-refractivity contribution in [3.05, 3.63) is 103 Å². The Bertz CT molecular complexity index is 1590. The fourth-order valence-electron chi connectivity index (χ4n) is 4.18. The number of carbonyl (C=O) groups excluding carboxylic acids is 3. The van der Waals surface area contributed by atoms with Crippen molar-refractivity contribution in [1.82, 2.24) is 0 Å². The predicted octanol–water partition coefficient (Wildman–Crippen LogP) is 8.08. The number of hydrogen-bond donors (Lipinski definition) is 0. The number of rotatable bonds is 13. The van der Waals surface area contributed by atoms with Gasteiger partial charge in [-0.05, 0) is 114 Å². The first-order valence-electron chi connectivity index (χ1n) is 13.4. The summed E-state index contributed by atoms with van der Waals surface area (Å²) < 4.78 is 16.1. The normalized spacial score (nSPS) is 10.8. The topological polar surface area (TPSA) is 78.9 Å². The molecule has 0 fully saturated rings. The zero-order chi connectivity index (χ0) is 29.2. The molecule has 0 aliphatic rings. The zero-order valence-electron chi connectivity index (χ0n) is 23.0. The SMILES string of the molecule is C=CC(=O)OCCCCCCOc1ccc(SC(=O)c2ccc3c(ccc4cc(OC(=O)C(=C)C)ccc43)c2)cc1. The van der Waals surface area contributed by atoms with Crippen molar-refractivity contribution in [2.45, 2.75) is 37.5 Å². The summed E-state index contributed by atoms with van der Waals surface area (Å²) in [6.45, 7) is 9.61. The van der Waals surface area contributed by atoms with Crippen LogP contribution in [0.2, 0.25) is 0 Å². The number of hydrogen-bond acceptors (Lipinski definition) is 7. The molecule has 0 bridgehead atoms. The standard InChI is InChI=1S/C34H32O6S/c1-4-32(35)39-20-8-6-5-7-19-38-27-12-15-29(16-13-27)41-34(37)26-11-17-30-24(21-26)9-10-25-22-28(14-18-31(25)30)40-33(36)23(2)3/h4,9-18,21-22H,1-2,5-8,19-20H2,3H3. The van der Waals surface area contributed by atoms with E-state index in [1.54, 1.807) is 13.0 Å². The monoisotopic (exact) mass is 568 g/mol. The lowest BCUT2D eigenvalue weighted by Gasteiger charge is -2.09. The lowest BCUT2D eigenvalue weighted by Crippen LogP contribution is -2.07. The van der Waals surface area contributed by atoms with Crippen LogP contribution in [-0.4, -0.2) is 30.3 Å². The molecule has 0 saturated carbocycles. The third kappa shape index (κ3) is 8.32. The maximum Gasteiger partial charge on any atom is 0.338 e. The van der Waals surface area contributed by atoms with E-state index >= 15 is 0 Å². The van der Waals surface area contributed by atoms with Gasteiger partial charge < -0.3 is 14.2 Å². The number of fused-ring (bicyclic) bond motifs is 3. The van der Waals surface area contributed by atoms with Gasteiger partial charge in [0.05, 0.1) is 13.2 Å². The minimum atomic E-state index is -0.457. The molecule has 6 nitrogen and oxygen atoms in total. The lowest BCUT2D eigenvalue weighted by molar-refractivity contribution is -0.137. The Labute approximate surface area is 244 Å². The van der Waals surface area contributed by atoms with Crippen molar-refractivity contribution in [1.29, 1.82) is 0 Å². The molecule has 0 radical (unpaired) electrons. The van der Waals surface area contributed by atoms with Crippen LogP contribution in [-0.2, 0) is 14.3 Å². The number of unbranched alkanes of at least 4 members (excludes halogenated alkanes) is 3. The molecule has 4 rings (SSSR count). The average molecular weight is 569 g/mol. The van der Waals surface area contributed by atoms with Crippen LogP contribution < -0.4 is 9.47 Å². The van der Waals surface area contributed by atoms with Gasteiger partial charge in [-0.2, -0.15) is 0 Å². The summed E-state index contributed by atoms with van der Waals surface area (Å²) in [5.74, 6) is 0.382. The van der Waals surface area contributed by atoms with Gasteiger partial charge in [0, 0.05) is 22.1 Å². The van der Waals surface area contributed by atoms with Crippen LogP contribution in [0, 0.1) is 0 Å². The van der Waals surface area contributed by atoms with Crippen molar-refractivity contribution in [3.8, 4) is 11.5 Å². The Balaban J connectivity index is 1.29. The Morgan fingerprint density at radius 2 is 1.41 bits per heavy atom. The average Bonchev–Trinajstić information content (AvgIpc) is 2.98.